The van der Waals surface area contributed by atoms with Gasteiger partial charge in [0.15, 0.2) is 0 Å². The standard InChI is InChI=1S/C18H19ClN4O2/c1-13(24)22-7-9-23(10-8-22)17-6-5-14(12-20-17)18(25)21-16-4-2-3-15(19)11-16/h2-6,11-12H,7-10H2,1H3,(H,21,25). The second-order valence-corrected chi connectivity index (χ2v) is 6.30. The zero-order chi connectivity index (χ0) is 17.8. The number of amides is 2. The van der Waals surface area contributed by atoms with Crippen molar-refractivity contribution in [1.82, 2.24) is 9.88 Å². The van der Waals surface area contributed by atoms with E-state index in [0.717, 1.165) is 18.9 Å². The molecule has 0 unspecified atom stereocenters. The van der Waals surface area contributed by atoms with Crippen molar-refractivity contribution in [2.75, 3.05) is 36.4 Å². The lowest BCUT2D eigenvalue weighted by atomic mass is 10.2. The summed E-state index contributed by atoms with van der Waals surface area (Å²) in [7, 11) is 0. The SMILES string of the molecule is CC(=O)N1CCN(c2ccc(C(=O)Nc3cccc(Cl)c3)cn2)CC1. The van der Waals surface area contributed by atoms with Gasteiger partial charge in [0.1, 0.15) is 5.82 Å². The molecule has 2 heterocycles. The molecular weight excluding hydrogens is 340 g/mol. The first kappa shape index (κ1) is 17.2. The van der Waals surface area contributed by atoms with Crippen LogP contribution in [0.1, 0.15) is 17.3 Å². The lowest BCUT2D eigenvalue weighted by Gasteiger charge is -2.34. The third-order valence-corrected chi connectivity index (χ3v) is 4.38. The summed E-state index contributed by atoms with van der Waals surface area (Å²) in [5.41, 5.74) is 1.12. The first-order chi connectivity index (χ1) is 12.0. The summed E-state index contributed by atoms with van der Waals surface area (Å²) in [6, 6.07) is 10.6. The Morgan fingerprint density at radius 2 is 1.88 bits per heavy atom. The molecule has 1 aromatic carbocycles. The maximum Gasteiger partial charge on any atom is 0.257 e. The number of carbonyl (C=O) groups excluding carboxylic acids is 2. The molecule has 0 atom stereocenters. The van der Waals surface area contributed by atoms with E-state index >= 15 is 0 Å². The highest BCUT2D eigenvalue weighted by Gasteiger charge is 2.19. The van der Waals surface area contributed by atoms with Gasteiger partial charge in [-0.25, -0.2) is 4.98 Å². The molecule has 1 aliphatic rings. The van der Waals surface area contributed by atoms with Gasteiger partial charge in [0.05, 0.1) is 5.56 Å². The summed E-state index contributed by atoms with van der Waals surface area (Å²) in [6.45, 7) is 4.44. The Morgan fingerprint density at radius 1 is 1.12 bits per heavy atom. The number of piperazine rings is 1. The van der Waals surface area contributed by atoms with Gasteiger partial charge in [-0.15, -0.1) is 0 Å². The smallest absolute Gasteiger partial charge is 0.257 e. The first-order valence-corrected chi connectivity index (χ1v) is 8.44. The second-order valence-electron chi connectivity index (χ2n) is 5.86. The fourth-order valence-corrected chi connectivity index (χ4v) is 2.92. The fourth-order valence-electron chi connectivity index (χ4n) is 2.73. The van der Waals surface area contributed by atoms with Crippen molar-refractivity contribution < 1.29 is 9.59 Å². The third-order valence-electron chi connectivity index (χ3n) is 4.14. The van der Waals surface area contributed by atoms with E-state index in [2.05, 4.69) is 15.2 Å². The maximum absolute atomic E-state index is 12.3. The number of aromatic nitrogens is 1. The minimum atomic E-state index is -0.234. The van der Waals surface area contributed by atoms with Crippen molar-refractivity contribution in [3.63, 3.8) is 0 Å². The zero-order valence-electron chi connectivity index (χ0n) is 13.9. The van der Waals surface area contributed by atoms with E-state index in [0.29, 0.717) is 29.4 Å². The number of halogens is 1. The number of benzene rings is 1. The molecule has 1 aliphatic heterocycles. The number of nitrogens with one attached hydrogen (secondary N) is 1. The molecule has 2 amide bonds. The first-order valence-electron chi connectivity index (χ1n) is 8.06. The summed E-state index contributed by atoms with van der Waals surface area (Å²) in [4.78, 5) is 32.0. The molecule has 0 saturated carbocycles. The minimum Gasteiger partial charge on any atom is -0.353 e. The highest BCUT2D eigenvalue weighted by atomic mass is 35.5. The Kier molecular flexibility index (Phi) is 5.19. The molecule has 6 nitrogen and oxygen atoms in total. The monoisotopic (exact) mass is 358 g/mol. The molecule has 0 aliphatic carbocycles. The van der Waals surface area contributed by atoms with Crippen LogP contribution < -0.4 is 10.2 Å². The number of hydrogen-bond acceptors (Lipinski definition) is 4. The maximum atomic E-state index is 12.3. The van der Waals surface area contributed by atoms with E-state index in [-0.39, 0.29) is 11.8 Å². The van der Waals surface area contributed by atoms with Gasteiger partial charge in [0, 0.05) is 50.0 Å². The topological polar surface area (TPSA) is 65.5 Å². The van der Waals surface area contributed by atoms with Crippen LogP contribution in [-0.2, 0) is 4.79 Å². The average Bonchev–Trinajstić information content (AvgIpc) is 2.62. The van der Waals surface area contributed by atoms with Gasteiger partial charge in [0.25, 0.3) is 5.91 Å². The number of hydrogen-bond donors (Lipinski definition) is 1. The van der Waals surface area contributed by atoms with Crippen LogP contribution in [0.3, 0.4) is 0 Å². The van der Waals surface area contributed by atoms with Gasteiger partial charge in [-0.3, -0.25) is 9.59 Å². The van der Waals surface area contributed by atoms with Crippen molar-refractivity contribution in [3.8, 4) is 0 Å². The molecule has 25 heavy (non-hydrogen) atoms. The lowest BCUT2D eigenvalue weighted by Crippen LogP contribution is -2.48. The number of pyridine rings is 1. The molecule has 0 spiro atoms. The Hall–Kier alpha value is -2.60. The van der Waals surface area contributed by atoms with Crippen molar-refractivity contribution in [3.05, 3.63) is 53.2 Å². The molecule has 1 aromatic heterocycles. The van der Waals surface area contributed by atoms with Crippen molar-refractivity contribution >= 4 is 34.9 Å². The Labute approximate surface area is 151 Å². The van der Waals surface area contributed by atoms with Crippen LogP contribution >= 0.6 is 11.6 Å². The number of anilines is 2. The molecule has 0 bridgehead atoms. The van der Waals surface area contributed by atoms with Gasteiger partial charge in [-0.05, 0) is 30.3 Å². The Bertz CT molecular complexity index is 771. The summed E-state index contributed by atoms with van der Waals surface area (Å²) in [5, 5.41) is 3.36. The lowest BCUT2D eigenvalue weighted by molar-refractivity contribution is -0.129. The zero-order valence-corrected chi connectivity index (χ0v) is 14.7. The summed E-state index contributed by atoms with van der Waals surface area (Å²) >= 11 is 5.92. The van der Waals surface area contributed by atoms with Crippen LogP contribution in [0, 0.1) is 0 Å². The average molecular weight is 359 g/mol. The molecular formula is C18H19ClN4O2. The van der Waals surface area contributed by atoms with Crippen LogP contribution in [0.25, 0.3) is 0 Å². The van der Waals surface area contributed by atoms with Gasteiger partial charge in [-0.1, -0.05) is 17.7 Å². The molecule has 2 aromatic rings. The molecule has 0 radical (unpaired) electrons. The predicted octanol–water partition coefficient (Wildman–Crippen LogP) is 2.66. The molecule has 7 heteroatoms. The van der Waals surface area contributed by atoms with E-state index in [1.165, 1.54) is 0 Å². The summed E-state index contributed by atoms with van der Waals surface area (Å²) in [6.07, 6.45) is 1.56. The van der Waals surface area contributed by atoms with E-state index in [4.69, 9.17) is 11.6 Å². The van der Waals surface area contributed by atoms with Crippen LogP contribution in [0.15, 0.2) is 42.6 Å². The Morgan fingerprint density at radius 3 is 2.48 bits per heavy atom. The largest absolute Gasteiger partial charge is 0.353 e. The second kappa shape index (κ2) is 7.53. The van der Waals surface area contributed by atoms with E-state index in [1.807, 2.05) is 11.0 Å². The van der Waals surface area contributed by atoms with Crippen molar-refractivity contribution in [2.45, 2.75) is 6.92 Å². The number of rotatable bonds is 3. The van der Waals surface area contributed by atoms with Crippen LogP contribution in [-0.4, -0.2) is 47.9 Å². The summed E-state index contributed by atoms with van der Waals surface area (Å²) in [5.74, 6) is 0.672. The van der Waals surface area contributed by atoms with Crippen LogP contribution in [0.5, 0.6) is 0 Å². The van der Waals surface area contributed by atoms with Gasteiger partial charge in [0.2, 0.25) is 5.91 Å². The predicted molar refractivity (Wildman–Crippen MR) is 98.1 cm³/mol. The Balaban J connectivity index is 1.62. The van der Waals surface area contributed by atoms with Crippen molar-refractivity contribution in [2.24, 2.45) is 0 Å². The minimum absolute atomic E-state index is 0.0978. The van der Waals surface area contributed by atoms with Gasteiger partial charge in [-0.2, -0.15) is 0 Å². The normalized spacial score (nSPS) is 14.3. The highest BCUT2D eigenvalue weighted by molar-refractivity contribution is 6.30. The molecule has 130 valence electrons. The van der Waals surface area contributed by atoms with Gasteiger partial charge >= 0.3 is 0 Å². The quantitative estimate of drug-likeness (QED) is 0.916. The third kappa shape index (κ3) is 4.28. The molecule has 1 N–H and O–H groups in total. The fraction of sp³-hybridized carbons (Fsp3) is 0.278. The number of carbonyl (C=O) groups is 2. The molecule has 3 rings (SSSR count). The number of nitrogens with zero attached hydrogens (tertiary/aromatic N) is 3. The van der Waals surface area contributed by atoms with E-state index in [1.54, 1.807) is 43.5 Å². The van der Waals surface area contributed by atoms with Crippen molar-refractivity contribution in [1.29, 1.82) is 0 Å². The van der Waals surface area contributed by atoms with Gasteiger partial charge < -0.3 is 15.1 Å². The van der Waals surface area contributed by atoms with Crippen LogP contribution in [0.2, 0.25) is 5.02 Å². The molecule has 1 fully saturated rings. The summed E-state index contributed by atoms with van der Waals surface area (Å²) < 4.78 is 0. The molecule has 1 saturated heterocycles. The van der Waals surface area contributed by atoms with E-state index < -0.39 is 0 Å². The highest BCUT2D eigenvalue weighted by Crippen LogP contribution is 2.17. The van der Waals surface area contributed by atoms with Crippen LogP contribution in [0.4, 0.5) is 11.5 Å². The van der Waals surface area contributed by atoms with E-state index in [9.17, 15) is 9.59 Å².